The fourth-order valence-electron chi connectivity index (χ4n) is 2.56. The number of carbonyl (C=O) groups excluding carboxylic acids is 2. The molecule has 4 nitrogen and oxygen atoms in total. The molecule has 0 bridgehead atoms. The molecule has 0 saturated heterocycles. The Kier molecular flexibility index (Phi) is 5.36. The SMILES string of the molecule is CSc1cccc(NC(=O)COc2ccc3ccccc3c2C=O)c1. The van der Waals surface area contributed by atoms with E-state index in [1.165, 1.54) is 0 Å². The highest BCUT2D eigenvalue weighted by atomic mass is 32.2. The summed E-state index contributed by atoms with van der Waals surface area (Å²) in [5, 5.41) is 4.56. The molecule has 25 heavy (non-hydrogen) atoms. The lowest BCUT2D eigenvalue weighted by Gasteiger charge is -2.11. The summed E-state index contributed by atoms with van der Waals surface area (Å²) in [5.74, 6) is 0.130. The van der Waals surface area contributed by atoms with Gasteiger partial charge in [-0.15, -0.1) is 11.8 Å². The Balaban J connectivity index is 1.71. The maximum Gasteiger partial charge on any atom is 0.262 e. The van der Waals surface area contributed by atoms with Crippen LogP contribution in [-0.4, -0.2) is 25.1 Å². The number of fused-ring (bicyclic) bond motifs is 1. The highest BCUT2D eigenvalue weighted by molar-refractivity contribution is 7.98. The molecule has 0 radical (unpaired) electrons. The molecule has 0 saturated carbocycles. The number of aldehydes is 1. The van der Waals surface area contributed by atoms with E-state index in [1.54, 1.807) is 17.8 Å². The molecule has 0 heterocycles. The van der Waals surface area contributed by atoms with Crippen LogP contribution in [0.3, 0.4) is 0 Å². The summed E-state index contributed by atoms with van der Waals surface area (Å²) in [7, 11) is 0. The average molecular weight is 351 g/mol. The van der Waals surface area contributed by atoms with Crippen LogP contribution in [0.1, 0.15) is 10.4 Å². The molecule has 1 amide bonds. The van der Waals surface area contributed by atoms with Crippen molar-refractivity contribution in [2.45, 2.75) is 4.90 Å². The van der Waals surface area contributed by atoms with E-state index >= 15 is 0 Å². The van der Waals surface area contributed by atoms with Gasteiger partial charge >= 0.3 is 0 Å². The molecule has 0 aromatic heterocycles. The molecular formula is C20H17NO3S. The van der Waals surface area contributed by atoms with E-state index in [-0.39, 0.29) is 12.5 Å². The normalized spacial score (nSPS) is 10.4. The number of hydrogen-bond donors (Lipinski definition) is 1. The molecule has 1 N–H and O–H groups in total. The van der Waals surface area contributed by atoms with Gasteiger partial charge in [-0.05, 0) is 41.3 Å². The zero-order chi connectivity index (χ0) is 17.6. The summed E-state index contributed by atoms with van der Waals surface area (Å²) >= 11 is 1.60. The van der Waals surface area contributed by atoms with Crippen LogP contribution in [0, 0.1) is 0 Å². The van der Waals surface area contributed by atoms with Crippen LogP contribution in [0.15, 0.2) is 65.6 Å². The molecule has 0 fully saturated rings. The number of carbonyl (C=O) groups is 2. The van der Waals surface area contributed by atoms with Crippen LogP contribution in [0.2, 0.25) is 0 Å². The lowest BCUT2D eigenvalue weighted by molar-refractivity contribution is -0.118. The van der Waals surface area contributed by atoms with Gasteiger partial charge in [0.05, 0.1) is 5.56 Å². The third-order valence-corrected chi connectivity index (χ3v) is 4.49. The van der Waals surface area contributed by atoms with Gasteiger partial charge in [-0.3, -0.25) is 9.59 Å². The minimum Gasteiger partial charge on any atom is -0.483 e. The summed E-state index contributed by atoms with van der Waals surface area (Å²) in [6.07, 6.45) is 2.74. The first-order valence-electron chi connectivity index (χ1n) is 7.75. The standard InChI is InChI=1S/C20H17NO3S/c1-25-16-7-4-6-15(11-16)21-20(23)13-24-19-10-9-14-5-2-3-8-17(14)18(19)12-22/h2-12H,13H2,1H3,(H,21,23). The minimum absolute atomic E-state index is 0.164. The predicted octanol–water partition coefficient (Wildman–Crippen LogP) is 4.39. The second-order valence-electron chi connectivity index (χ2n) is 5.39. The van der Waals surface area contributed by atoms with Crippen LogP contribution in [-0.2, 0) is 4.79 Å². The number of benzene rings is 3. The molecule has 3 rings (SSSR count). The Bertz CT molecular complexity index is 924. The van der Waals surface area contributed by atoms with Gasteiger partial charge in [-0.2, -0.15) is 0 Å². The number of anilines is 1. The molecule has 3 aromatic carbocycles. The van der Waals surface area contributed by atoms with Crippen molar-refractivity contribution in [1.82, 2.24) is 0 Å². The van der Waals surface area contributed by atoms with Crippen molar-refractivity contribution < 1.29 is 14.3 Å². The van der Waals surface area contributed by atoms with Crippen molar-refractivity contribution in [1.29, 1.82) is 0 Å². The lowest BCUT2D eigenvalue weighted by atomic mass is 10.0. The summed E-state index contributed by atoms with van der Waals surface area (Å²) in [5.41, 5.74) is 1.17. The van der Waals surface area contributed by atoms with E-state index in [4.69, 9.17) is 4.74 Å². The third-order valence-electron chi connectivity index (χ3n) is 3.76. The molecule has 5 heteroatoms. The van der Waals surface area contributed by atoms with Crippen LogP contribution < -0.4 is 10.1 Å². The van der Waals surface area contributed by atoms with Gasteiger partial charge < -0.3 is 10.1 Å². The summed E-state index contributed by atoms with van der Waals surface area (Å²) in [6.45, 7) is -0.164. The molecule has 0 unspecified atom stereocenters. The smallest absolute Gasteiger partial charge is 0.262 e. The first kappa shape index (κ1) is 17.0. The number of thioether (sulfide) groups is 1. The highest BCUT2D eigenvalue weighted by Crippen LogP contribution is 2.26. The third kappa shape index (κ3) is 4.00. The fourth-order valence-corrected chi connectivity index (χ4v) is 3.02. The predicted molar refractivity (Wildman–Crippen MR) is 102 cm³/mol. The zero-order valence-electron chi connectivity index (χ0n) is 13.7. The van der Waals surface area contributed by atoms with E-state index in [1.807, 2.05) is 60.9 Å². The molecule has 0 aliphatic heterocycles. The number of ether oxygens (including phenoxy) is 1. The first-order chi connectivity index (χ1) is 12.2. The van der Waals surface area contributed by atoms with Crippen molar-refractivity contribution in [3.8, 4) is 5.75 Å². The van der Waals surface area contributed by atoms with Gasteiger partial charge in [-0.25, -0.2) is 0 Å². The maximum atomic E-state index is 12.1. The summed E-state index contributed by atoms with van der Waals surface area (Å²) in [6, 6.07) is 18.7. The topological polar surface area (TPSA) is 55.4 Å². The largest absolute Gasteiger partial charge is 0.483 e. The Morgan fingerprint density at radius 2 is 1.96 bits per heavy atom. The van der Waals surface area contributed by atoms with Crippen molar-refractivity contribution in [2.24, 2.45) is 0 Å². The zero-order valence-corrected chi connectivity index (χ0v) is 14.5. The number of rotatable bonds is 6. The van der Waals surface area contributed by atoms with Crippen LogP contribution >= 0.6 is 11.8 Å². The number of hydrogen-bond acceptors (Lipinski definition) is 4. The molecule has 0 aliphatic carbocycles. The monoisotopic (exact) mass is 351 g/mol. The molecule has 0 aliphatic rings. The Morgan fingerprint density at radius 1 is 1.12 bits per heavy atom. The lowest BCUT2D eigenvalue weighted by Crippen LogP contribution is -2.20. The van der Waals surface area contributed by atoms with Gasteiger partial charge in [0.15, 0.2) is 12.9 Å². The van der Waals surface area contributed by atoms with Gasteiger partial charge in [-0.1, -0.05) is 36.4 Å². The molecule has 0 atom stereocenters. The van der Waals surface area contributed by atoms with Crippen LogP contribution in [0.5, 0.6) is 5.75 Å². The fraction of sp³-hybridized carbons (Fsp3) is 0.100. The van der Waals surface area contributed by atoms with Crippen molar-refractivity contribution in [3.63, 3.8) is 0 Å². The molecule has 126 valence electrons. The Morgan fingerprint density at radius 3 is 2.76 bits per heavy atom. The minimum atomic E-state index is -0.275. The highest BCUT2D eigenvalue weighted by Gasteiger charge is 2.10. The van der Waals surface area contributed by atoms with Gasteiger partial charge in [0.1, 0.15) is 5.75 Å². The van der Waals surface area contributed by atoms with E-state index in [0.717, 1.165) is 27.6 Å². The first-order valence-corrected chi connectivity index (χ1v) is 8.97. The average Bonchev–Trinajstić information content (AvgIpc) is 2.66. The van der Waals surface area contributed by atoms with Crippen LogP contribution in [0.4, 0.5) is 5.69 Å². The van der Waals surface area contributed by atoms with E-state index < -0.39 is 0 Å². The van der Waals surface area contributed by atoms with E-state index in [0.29, 0.717) is 11.3 Å². The summed E-state index contributed by atoms with van der Waals surface area (Å²) < 4.78 is 5.58. The van der Waals surface area contributed by atoms with Crippen molar-refractivity contribution in [3.05, 3.63) is 66.2 Å². The number of nitrogens with one attached hydrogen (secondary N) is 1. The van der Waals surface area contributed by atoms with Gasteiger partial charge in [0.2, 0.25) is 0 Å². The van der Waals surface area contributed by atoms with Gasteiger partial charge in [0, 0.05) is 10.6 Å². The summed E-state index contributed by atoms with van der Waals surface area (Å²) in [4.78, 5) is 24.6. The Labute approximate surface area is 150 Å². The van der Waals surface area contributed by atoms with E-state index in [2.05, 4.69) is 5.32 Å². The second kappa shape index (κ2) is 7.85. The van der Waals surface area contributed by atoms with Crippen LogP contribution in [0.25, 0.3) is 10.8 Å². The Hall–Kier alpha value is -2.79. The maximum absolute atomic E-state index is 12.1. The molecule has 3 aromatic rings. The quantitative estimate of drug-likeness (QED) is 0.528. The number of amides is 1. The molecular weight excluding hydrogens is 334 g/mol. The van der Waals surface area contributed by atoms with Crippen molar-refractivity contribution >= 4 is 40.4 Å². The second-order valence-corrected chi connectivity index (χ2v) is 6.26. The van der Waals surface area contributed by atoms with Gasteiger partial charge in [0.25, 0.3) is 5.91 Å². The van der Waals surface area contributed by atoms with Crippen molar-refractivity contribution in [2.75, 3.05) is 18.2 Å². The molecule has 0 spiro atoms. The van der Waals surface area contributed by atoms with E-state index in [9.17, 15) is 9.59 Å².